The minimum absolute atomic E-state index is 0.263. The van der Waals surface area contributed by atoms with Crippen LogP contribution in [0.4, 0.5) is 5.69 Å². The monoisotopic (exact) mass is 225 g/mol. The maximum atomic E-state index is 8.74. The van der Waals surface area contributed by atoms with Crippen molar-refractivity contribution >= 4 is 5.69 Å². The molecule has 0 aliphatic carbocycles. The summed E-state index contributed by atoms with van der Waals surface area (Å²) < 4.78 is 1.96. The lowest BCUT2D eigenvalue weighted by Gasteiger charge is -2.12. The molecule has 0 fully saturated rings. The summed E-state index contributed by atoms with van der Waals surface area (Å²) in [6, 6.07) is 0.379. The van der Waals surface area contributed by atoms with Crippen molar-refractivity contribution in [2.24, 2.45) is 5.92 Å². The van der Waals surface area contributed by atoms with Crippen LogP contribution in [0.3, 0.4) is 0 Å². The first-order valence-electron chi connectivity index (χ1n) is 6.01. The average molecular weight is 225 g/mol. The predicted octanol–water partition coefficient (Wildman–Crippen LogP) is 2.11. The molecular weight excluding hydrogens is 202 g/mol. The first kappa shape index (κ1) is 13.0. The molecule has 0 aromatic carbocycles. The molecule has 0 aliphatic rings. The fourth-order valence-corrected chi connectivity index (χ4v) is 1.67. The Bertz CT molecular complexity index is 296. The third kappa shape index (κ3) is 4.66. The molecule has 4 heteroatoms. The highest BCUT2D eigenvalue weighted by Gasteiger charge is 2.04. The second kappa shape index (κ2) is 6.53. The van der Waals surface area contributed by atoms with Crippen molar-refractivity contribution < 1.29 is 5.11 Å². The van der Waals surface area contributed by atoms with Gasteiger partial charge in [0.1, 0.15) is 0 Å². The van der Waals surface area contributed by atoms with Crippen molar-refractivity contribution in [3.8, 4) is 0 Å². The number of rotatable bonds is 7. The molecule has 2 N–H and O–H groups in total. The molecule has 1 unspecified atom stereocenters. The molecule has 4 nitrogen and oxygen atoms in total. The summed E-state index contributed by atoms with van der Waals surface area (Å²) in [5, 5.41) is 16.4. The van der Waals surface area contributed by atoms with Crippen molar-refractivity contribution in [3.63, 3.8) is 0 Å². The van der Waals surface area contributed by atoms with Crippen LogP contribution < -0.4 is 5.32 Å². The van der Waals surface area contributed by atoms with Crippen LogP contribution in [0.15, 0.2) is 12.4 Å². The number of hydrogen-bond acceptors (Lipinski definition) is 3. The van der Waals surface area contributed by atoms with Gasteiger partial charge in [-0.2, -0.15) is 5.10 Å². The van der Waals surface area contributed by atoms with E-state index in [2.05, 4.69) is 31.2 Å². The third-order valence-electron chi connectivity index (χ3n) is 2.39. The Labute approximate surface area is 97.7 Å². The Balaban J connectivity index is 2.39. The molecule has 1 rings (SSSR count). The standard InChI is InChI=1S/C12H23N3O/c1-10(2)8-15-9-12(7-13-15)14-11(3)5-4-6-16/h7,9-11,14,16H,4-6,8H2,1-3H3. The summed E-state index contributed by atoms with van der Waals surface area (Å²) in [6.45, 7) is 7.69. The molecule has 1 aromatic heterocycles. The summed E-state index contributed by atoms with van der Waals surface area (Å²) in [6.07, 6.45) is 5.72. The second-order valence-electron chi connectivity index (χ2n) is 4.76. The number of hydrogen-bond donors (Lipinski definition) is 2. The predicted molar refractivity (Wildman–Crippen MR) is 66.5 cm³/mol. The second-order valence-corrected chi connectivity index (χ2v) is 4.76. The molecule has 0 saturated carbocycles. The smallest absolute Gasteiger partial charge is 0.0728 e. The van der Waals surface area contributed by atoms with Crippen LogP contribution in [0, 0.1) is 5.92 Å². The first-order chi connectivity index (χ1) is 7.61. The topological polar surface area (TPSA) is 50.1 Å². The normalized spacial score (nSPS) is 13.1. The van der Waals surface area contributed by atoms with Crippen molar-refractivity contribution in [1.29, 1.82) is 0 Å². The van der Waals surface area contributed by atoms with E-state index in [4.69, 9.17) is 5.11 Å². The van der Waals surface area contributed by atoms with Gasteiger partial charge in [0, 0.05) is 25.4 Å². The quantitative estimate of drug-likeness (QED) is 0.747. The molecule has 92 valence electrons. The molecular formula is C12H23N3O. The maximum Gasteiger partial charge on any atom is 0.0728 e. The molecule has 1 atom stereocenters. The number of anilines is 1. The maximum absolute atomic E-state index is 8.74. The highest BCUT2D eigenvalue weighted by atomic mass is 16.2. The zero-order chi connectivity index (χ0) is 12.0. The van der Waals surface area contributed by atoms with Crippen molar-refractivity contribution in [2.45, 2.75) is 46.2 Å². The van der Waals surface area contributed by atoms with Gasteiger partial charge in [0.15, 0.2) is 0 Å². The SMILES string of the molecule is CC(C)Cn1cc(NC(C)CCCO)cn1. The summed E-state index contributed by atoms with van der Waals surface area (Å²) in [5.41, 5.74) is 1.06. The lowest BCUT2D eigenvalue weighted by Crippen LogP contribution is -2.15. The Kier molecular flexibility index (Phi) is 5.32. The van der Waals surface area contributed by atoms with E-state index in [-0.39, 0.29) is 6.61 Å². The van der Waals surface area contributed by atoms with Crippen LogP contribution >= 0.6 is 0 Å². The van der Waals surface area contributed by atoms with Crippen molar-refractivity contribution in [2.75, 3.05) is 11.9 Å². The van der Waals surface area contributed by atoms with E-state index in [0.717, 1.165) is 25.1 Å². The van der Waals surface area contributed by atoms with Crippen LogP contribution in [-0.2, 0) is 6.54 Å². The van der Waals surface area contributed by atoms with E-state index >= 15 is 0 Å². The molecule has 1 aromatic rings. The van der Waals surface area contributed by atoms with Crippen LogP contribution in [0.2, 0.25) is 0 Å². The van der Waals surface area contributed by atoms with Crippen molar-refractivity contribution in [3.05, 3.63) is 12.4 Å². The molecule has 16 heavy (non-hydrogen) atoms. The minimum atomic E-state index is 0.263. The first-order valence-corrected chi connectivity index (χ1v) is 6.01. The minimum Gasteiger partial charge on any atom is -0.396 e. The molecule has 0 spiro atoms. The Morgan fingerprint density at radius 3 is 2.81 bits per heavy atom. The van der Waals surface area contributed by atoms with Crippen LogP contribution in [0.5, 0.6) is 0 Å². The lowest BCUT2D eigenvalue weighted by molar-refractivity contribution is 0.282. The van der Waals surface area contributed by atoms with E-state index in [1.165, 1.54) is 0 Å². The van der Waals surface area contributed by atoms with Gasteiger partial charge < -0.3 is 10.4 Å². The highest BCUT2D eigenvalue weighted by molar-refractivity contribution is 5.38. The summed E-state index contributed by atoms with van der Waals surface area (Å²) in [7, 11) is 0. The summed E-state index contributed by atoms with van der Waals surface area (Å²) in [4.78, 5) is 0. The summed E-state index contributed by atoms with van der Waals surface area (Å²) >= 11 is 0. The number of nitrogens with zero attached hydrogens (tertiary/aromatic N) is 2. The van der Waals surface area contributed by atoms with E-state index < -0.39 is 0 Å². The molecule has 0 radical (unpaired) electrons. The van der Waals surface area contributed by atoms with E-state index in [0.29, 0.717) is 12.0 Å². The van der Waals surface area contributed by atoms with Crippen LogP contribution in [0.1, 0.15) is 33.6 Å². The number of aliphatic hydroxyl groups excluding tert-OH is 1. The van der Waals surface area contributed by atoms with Gasteiger partial charge in [0.25, 0.3) is 0 Å². The molecule has 0 saturated heterocycles. The fraction of sp³-hybridized carbons (Fsp3) is 0.750. The van der Waals surface area contributed by atoms with E-state index in [9.17, 15) is 0 Å². The van der Waals surface area contributed by atoms with Gasteiger partial charge in [-0.05, 0) is 25.7 Å². The van der Waals surface area contributed by atoms with Crippen LogP contribution in [0.25, 0.3) is 0 Å². The van der Waals surface area contributed by atoms with E-state index in [1.54, 1.807) is 0 Å². The molecule has 0 aliphatic heterocycles. The van der Waals surface area contributed by atoms with E-state index in [1.807, 2.05) is 17.1 Å². The Morgan fingerprint density at radius 1 is 1.44 bits per heavy atom. The largest absolute Gasteiger partial charge is 0.396 e. The van der Waals surface area contributed by atoms with Gasteiger partial charge in [-0.3, -0.25) is 4.68 Å². The molecule has 1 heterocycles. The number of aromatic nitrogens is 2. The van der Waals surface area contributed by atoms with Crippen molar-refractivity contribution in [1.82, 2.24) is 9.78 Å². The van der Waals surface area contributed by atoms with Gasteiger partial charge >= 0.3 is 0 Å². The average Bonchev–Trinajstić information content (AvgIpc) is 2.61. The zero-order valence-electron chi connectivity index (χ0n) is 10.5. The number of nitrogens with one attached hydrogen (secondary N) is 1. The molecule has 0 amide bonds. The highest BCUT2D eigenvalue weighted by Crippen LogP contribution is 2.10. The lowest BCUT2D eigenvalue weighted by atomic mass is 10.2. The Hall–Kier alpha value is -1.03. The zero-order valence-corrected chi connectivity index (χ0v) is 10.5. The van der Waals surface area contributed by atoms with Gasteiger partial charge in [-0.25, -0.2) is 0 Å². The van der Waals surface area contributed by atoms with Crippen LogP contribution in [-0.4, -0.2) is 27.5 Å². The number of aliphatic hydroxyl groups is 1. The van der Waals surface area contributed by atoms with Gasteiger partial charge in [0.05, 0.1) is 11.9 Å². The molecule has 0 bridgehead atoms. The summed E-state index contributed by atoms with van der Waals surface area (Å²) in [5.74, 6) is 0.611. The van der Waals surface area contributed by atoms with Gasteiger partial charge in [-0.1, -0.05) is 13.8 Å². The van der Waals surface area contributed by atoms with Gasteiger partial charge in [-0.15, -0.1) is 0 Å². The third-order valence-corrected chi connectivity index (χ3v) is 2.39. The van der Waals surface area contributed by atoms with Gasteiger partial charge in [0.2, 0.25) is 0 Å². The fourth-order valence-electron chi connectivity index (χ4n) is 1.67. The Morgan fingerprint density at radius 2 is 2.19 bits per heavy atom.